The number of nitrogens with two attached hydrogens (primary N) is 1. The molecule has 3 rings (SSSR count). The number of H-pyrrole nitrogens is 1. The Hall–Kier alpha value is -2.76. The Labute approximate surface area is 127 Å². The molecule has 0 bridgehead atoms. The molecule has 1 aromatic heterocycles. The number of carbonyl (C=O) groups is 1. The van der Waals surface area contributed by atoms with Crippen LogP contribution < -0.4 is 10.5 Å². The Morgan fingerprint density at radius 1 is 1.41 bits per heavy atom. The first-order valence-corrected chi connectivity index (χ1v) is 7.07. The van der Waals surface area contributed by atoms with E-state index in [9.17, 15) is 4.79 Å². The molecule has 6 heteroatoms. The highest BCUT2D eigenvalue weighted by Gasteiger charge is 2.38. The van der Waals surface area contributed by atoms with Crippen LogP contribution in [0.4, 0.5) is 0 Å². The lowest BCUT2D eigenvalue weighted by molar-refractivity contribution is -0.139. The molecule has 1 atom stereocenters. The largest absolute Gasteiger partial charge is 0.462 e. The topological polar surface area (TPSA) is 90.2 Å². The zero-order valence-electron chi connectivity index (χ0n) is 12.4. The van der Waals surface area contributed by atoms with Crippen molar-refractivity contribution < 1.29 is 14.3 Å². The highest BCUT2D eigenvalue weighted by atomic mass is 16.5. The number of rotatable bonds is 3. The minimum absolute atomic E-state index is 0.0336. The van der Waals surface area contributed by atoms with Crippen LogP contribution >= 0.6 is 0 Å². The molecule has 2 aromatic rings. The van der Waals surface area contributed by atoms with Gasteiger partial charge < -0.3 is 15.2 Å². The molecule has 1 aromatic carbocycles. The summed E-state index contributed by atoms with van der Waals surface area (Å²) < 4.78 is 10.6. The standard InChI is InChI=1S/C16H17N3O3/c1-3-21-16(20)13-12(10-7-5-4-6-8-10)11-9(2)18-19-15(11)22-14(13)17/h4-8,12H,3,17H2,1-2H3,(H,18,19)/t12-/m0/s1. The van der Waals surface area contributed by atoms with Gasteiger partial charge in [0.2, 0.25) is 11.8 Å². The quantitative estimate of drug-likeness (QED) is 0.846. The third-order valence-corrected chi connectivity index (χ3v) is 3.64. The molecule has 0 saturated carbocycles. The summed E-state index contributed by atoms with van der Waals surface area (Å²) in [6.07, 6.45) is 0. The van der Waals surface area contributed by atoms with Crippen LogP contribution in [-0.4, -0.2) is 22.8 Å². The number of nitrogens with zero attached hydrogens (tertiary/aromatic N) is 1. The highest BCUT2D eigenvalue weighted by molar-refractivity contribution is 5.92. The average molecular weight is 299 g/mol. The van der Waals surface area contributed by atoms with Crippen molar-refractivity contribution in [3.63, 3.8) is 0 Å². The molecule has 0 aliphatic carbocycles. The fourth-order valence-corrected chi connectivity index (χ4v) is 2.69. The van der Waals surface area contributed by atoms with Gasteiger partial charge in [0.1, 0.15) is 5.57 Å². The Morgan fingerprint density at radius 3 is 2.82 bits per heavy atom. The minimum Gasteiger partial charge on any atom is -0.462 e. The predicted molar refractivity (Wildman–Crippen MR) is 80.1 cm³/mol. The second kappa shape index (κ2) is 5.55. The molecule has 0 saturated heterocycles. The third kappa shape index (κ3) is 2.22. The van der Waals surface area contributed by atoms with Crippen LogP contribution in [0.2, 0.25) is 0 Å². The van der Waals surface area contributed by atoms with E-state index < -0.39 is 5.97 Å². The molecule has 0 radical (unpaired) electrons. The normalized spacial score (nSPS) is 16.9. The van der Waals surface area contributed by atoms with E-state index in [0.29, 0.717) is 11.5 Å². The second-order valence-corrected chi connectivity index (χ2v) is 5.01. The first-order valence-electron chi connectivity index (χ1n) is 7.07. The van der Waals surface area contributed by atoms with Crippen LogP contribution in [0.3, 0.4) is 0 Å². The second-order valence-electron chi connectivity index (χ2n) is 5.01. The van der Waals surface area contributed by atoms with E-state index in [2.05, 4.69) is 10.2 Å². The maximum atomic E-state index is 12.4. The van der Waals surface area contributed by atoms with E-state index >= 15 is 0 Å². The van der Waals surface area contributed by atoms with Gasteiger partial charge in [-0.15, -0.1) is 5.10 Å². The number of aromatic nitrogens is 2. The predicted octanol–water partition coefficient (Wildman–Crippen LogP) is 1.98. The van der Waals surface area contributed by atoms with Gasteiger partial charge in [-0.25, -0.2) is 4.79 Å². The number of hydrogen-bond acceptors (Lipinski definition) is 5. The maximum absolute atomic E-state index is 12.4. The highest BCUT2D eigenvalue weighted by Crippen LogP contribution is 2.43. The van der Waals surface area contributed by atoms with E-state index in [1.807, 2.05) is 37.3 Å². The molecular weight excluding hydrogens is 282 g/mol. The van der Waals surface area contributed by atoms with Crippen LogP contribution in [0, 0.1) is 6.92 Å². The maximum Gasteiger partial charge on any atom is 0.340 e. The third-order valence-electron chi connectivity index (χ3n) is 3.64. The van der Waals surface area contributed by atoms with Crippen LogP contribution in [-0.2, 0) is 9.53 Å². The summed E-state index contributed by atoms with van der Waals surface area (Å²) in [7, 11) is 0. The van der Waals surface area contributed by atoms with Crippen LogP contribution in [0.5, 0.6) is 5.88 Å². The van der Waals surface area contributed by atoms with Crippen molar-refractivity contribution in [2.75, 3.05) is 6.61 Å². The van der Waals surface area contributed by atoms with Crippen molar-refractivity contribution in [3.8, 4) is 5.88 Å². The van der Waals surface area contributed by atoms with Crippen molar-refractivity contribution in [2.45, 2.75) is 19.8 Å². The Balaban J connectivity index is 2.18. The Morgan fingerprint density at radius 2 is 2.14 bits per heavy atom. The number of benzene rings is 1. The molecule has 1 aliphatic heterocycles. The molecule has 0 fully saturated rings. The van der Waals surface area contributed by atoms with E-state index in [1.165, 1.54) is 0 Å². The average Bonchev–Trinajstić information content (AvgIpc) is 2.88. The number of carbonyl (C=O) groups excluding carboxylic acids is 1. The summed E-state index contributed by atoms with van der Waals surface area (Å²) in [6.45, 7) is 3.91. The number of esters is 1. The smallest absolute Gasteiger partial charge is 0.340 e. The number of ether oxygens (including phenoxy) is 2. The van der Waals surface area contributed by atoms with Crippen molar-refractivity contribution in [1.82, 2.24) is 10.2 Å². The number of aromatic amines is 1. The lowest BCUT2D eigenvalue weighted by Gasteiger charge is -2.26. The zero-order valence-corrected chi connectivity index (χ0v) is 12.4. The summed E-state index contributed by atoms with van der Waals surface area (Å²) in [5.41, 5.74) is 8.85. The van der Waals surface area contributed by atoms with Gasteiger partial charge in [0.15, 0.2) is 0 Å². The molecule has 0 amide bonds. The monoisotopic (exact) mass is 299 g/mol. The molecule has 2 heterocycles. The Bertz CT molecular complexity index is 734. The van der Waals surface area contributed by atoms with Gasteiger partial charge in [-0.1, -0.05) is 30.3 Å². The molecule has 0 unspecified atom stereocenters. The van der Waals surface area contributed by atoms with Gasteiger partial charge in [-0.2, -0.15) is 0 Å². The molecular formula is C16H17N3O3. The molecule has 0 spiro atoms. The van der Waals surface area contributed by atoms with Crippen molar-refractivity contribution in [3.05, 3.63) is 58.6 Å². The lowest BCUT2D eigenvalue weighted by atomic mass is 9.83. The van der Waals surface area contributed by atoms with Crippen molar-refractivity contribution >= 4 is 5.97 Å². The van der Waals surface area contributed by atoms with E-state index in [4.69, 9.17) is 15.2 Å². The molecule has 114 valence electrons. The van der Waals surface area contributed by atoms with Crippen molar-refractivity contribution in [2.24, 2.45) is 5.73 Å². The first kappa shape index (κ1) is 14.2. The number of nitrogens with one attached hydrogen (secondary N) is 1. The van der Waals surface area contributed by atoms with Gasteiger partial charge >= 0.3 is 5.97 Å². The molecule has 22 heavy (non-hydrogen) atoms. The summed E-state index contributed by atoms with van der Waals surface area (Å²) in [5.74, 6) is -0.397. The first-order chi connectivity index (χ1) is 10.6. The van der Waals surface area contributed by atoms with Crippen LogP contribution in [0.1, 0.15) is 29.7 Å². The summed E-state index contributed by atoms with van der Waals surface area (Å²) in [6, 6.07) is 9.64. The van der Waals surface area contributed by atoms with E-state index in [-0.39, 0.29) is 18.4 Å². The van der Waals surface area contributed by atoms with Crippen LogP contribution in [0.25, 0.3) is 0 Å². The van der Waals surface area contributed by atoms with Crippen LogP contribution in [0.15, 0.2) is 41.8 Å². The van der Waals surface area contributed by atoms with Gasteiger partial charge in [-0.05, 0) is 19.4 Å². The lowest BCUT2D eigenvalue weighted by Crippen LogP contribution is -2.27. The minimum atomic E-state index is -0.472. The van der Waals surface area contributed by atoms with Crippen molar-refractivity contribution in [1.29, 1.82) is 0 Å². The SMILES string of the molecule is CCOC(=O)C1=C(N)Oc2n[nH]c(C)c2[C@@H]1c1ccccc1. The van der Waals surface area contributed by atoms with Gasteiger partial charge in [-0.3, -0.25) is 5.10 Å². The summed E-state index contributed by atoms with van der Waals surface area (Å²) >= 11 is 0. The number of aryl methyl sites for hydroxylation is 1. The zero-order chi connectivity index (χ0) is 15.7. The fraction of sp³-hybridized carbons (Fsp3) is 0.250. The number of fused-ring (bicyclic) bond motifs is 1. The summed E-state index contributed by atoms with van der Waals surface area (Å²) in [5, 5.41) is 6.99. The molecule has 1 aliphatic rings. The fourth-order valence-electron chi connectivity index (χ4n) is 2.69. The summed E-state index contributed by atoms with van der Waals surface area (Å²) in [4.78, 5) is 12.4. The molecule has 6 nitrogen and oxygen atoms in total. The van der Waals surface area contributed by atoms with Gasteiger partial charge in [0, 0.05) is 11.3 Å². The van der Waals surface area contributed by atoms with Gasteiger partial charge in [0.05, 0.1) is 12.5 Å². The molecule has 3 N–H and O–H groups in total. The number of hydrogen-bond donors (Lipinski definition) is 2. The van der Waals surface area contributed by atoms with E-state index in [1.54, 1.807) is 6.92 Å². The Kier molecular flexibility index (Phi) is 3.58. The van der Waals surface area contributed by atoms with Gasteiger partial charge in [0.25, 0.3) is 0 Å². The van der Waals surface area contributed by atoms with E-state index in [0.717, 1.165) is 16.8 Å².